The van der Waals surface area contributed by atoms with Crippen LogP contribution in [0, 0.1) is 17.2 Å². The Balaban J connectivity index is 2.08. The van der Waals surface area contributed by atoms with E-state index in [4.69, 9.17) is 4.74 Å². The lowest BCUT2D eigenvalue weighted by molar-refractivity contribution is -0.137. The topological polar surface area (TPSA) is 74.2 Å². The molecule has 26 heavy (non-hydrogen) atoms. The summed E-state index contributed by atoms with van der Waals surface area (Å²) in [7, 11) is 0. The first kappa shape index (κ1) is 19.9. The standard InChI is InChI=1S/C18H22F3N3O2/c1-3-8-26-15-7-6-13(18(19,20)21)9-14(15)23-10-16(25)24-17(2,11-22)12-4-5-12/h6-7,9,12,23H,3-5,8,10H2,1-2H3,(H,24,25)/t17-/m0/s1. The van der Waals surface area contributed by atoms with Crippen LogP contribution in [0.25, 0.3) is 0 Å². The number of nitriles is 1. The number of nitrogens with zero attached hydrogens (tertiary/aromatic N) is 1. The van der Waals surface area contributed by atoms with Gasteiger partial charge < -0.3 is 15.4 Å². The lowest BCUT2D eigenvalue weighted by Crippen LogP contribution is -2.48. The van der Waals surface area contributed by atoms with Gasteiger partial charge in [0.15, 0.2) is 0 Å². The van der Waals surface area contributed by atoms with E-state index in [1.54, 1.807) is 6.92 Å². The van der Waals surface area contributed by atoms with E-state index >= 15 is 0 Å². The van der Waals surface area contributed by atoms with Gasteiger partial charge in [-0.25, -0.2) is 0 Å². The van der Waals surface area contributed by atoms with E-state index in [0.29, 0.717) is 13.0 Å². The normalized spacial score (nSPS) is 16.3. The molecular weight excluding hydrogens is 347 g/mol. The van der Waals surface area contributed by atoms with Gasteiger partial charge >= 0.3 is 6.18 Å². The van der Waals surface area contributed by atoms with Crippen molar-refractivity contribution in [2.75, 3.05) is 18.5 Å². The molecule has 0 aromatic heterocycles. The average Bonchev–Trinajstić information content (AvgIpc) is 3.43. The van der Waals surface area contributed by atoms with Gasteiger partial charge in [0.1, 0.15) is 11.3 Å². The molecule has 0 bridgehead atoms. The van der Waals surface area contributed by atoms with E-state index in [0.717, 1.165) is 25.0 Å². The summed E-state index contributed by atoms with van der Waals surface area (Å²) in [6, 6.07) is 5.20. The number of alkyl halides is 3. The van der Waals surface area contributed by atoms with E-state index in [2.05, 4.69) is 16.7 Å². The highest BCUT2D eigenvalue weighted by atomic mass is 19.4. The van der Waals surface area contributed by atoms with Crippen LogP contribution in [0.1, 0.15) is 38.7 Å². The molecule has 8 heteroatoms. The maximum atomic E-state index is 12.9. The summed E-state index contributed by atoms with van der Waals surface area (Å²) in [6.07, 6.45) is -2.04. The maximum absolute atomic E-state index is 12.9. The number of ether oxygens (including phenoxy) is 1. The molecule has 1 aromatic carbocycles. The molecule has 0 spiro atoms. The third kappa shape index (κ3) is 5.04. The Hall–Kier alpha value is -2.43. The number of benzene rings is 1. The van der Waals surface area contributed by atoms with Crippen molar-refractivity contribution in [2.45, 2.75) is 44.8 Å². The lowest BCUT2D eigenvalue weighted by Gasteiger charge is -2.23. The fourth-order valence-electron chi connectivity index (χ4n) is 2.57. The number of carbonyl (C=O) groups excluding carboxylic acids is 1. The van der Waals surface area contributed by atoms with Gasteiger partial charge in [-0.3, -0.25) is 4.79 Å². The lowest BCUT2D eigenvalue weighted by atomic mass is 9.98. The average molecular weight is 369 g/mol. The highest BCUT2D eigenvalue weighted by Crippen LogP contribution is 2.39. The van der Waals surface area contributed by atoms with Crippen molar-refractivity contribution < 1.29 is 22.7 Å². The number of rotatable bonds is 8. The van der Waals surface area contributed by atoms with E-state index in [9.17, 15) is 23.2 Å². The van der Waals surface area contributed by atoms with E-state index in [1.807, 2.05) is 6.92 Å². The minimum absolute atomic E-state index is 0.0912. The Morgan fingerprint density at radius 3 is 2.62 bits per heavy atom. The van der Waals surface area contributed by atoms with Gasteiger partial charge in [0.25, 0.3) is 0 Å². The third-order valence-corrected chi connectivity index (χ3v) is 4.23. The van der Waals surface area contributed by atoms with Gasteiger partial charge in [0.05, 0.1) is 30.5 Å². The van der Waals surface area contributed by atoms with Gasteiger partial charge in [-0.05, 0) is 50.3 Å². The number of nitrogens with one attached hydrogen (secondary N) is 2. The summed E-state index contributed by atoms with van der Waals surface area (Å²) >= 11 is 0. The SMILES string of the molecule is CCCOc1ccc(C(F)(F)F)cc1NCC(=O)N[C@@](C)(C#N)C1CC1. The second-order valence-corrected chi connectivity index (χ2v) is 6.55. The monoisotopic (exact) mass is 369 g/mol. The number of amides is 1. The number of halogens is 3. The second kappa shape index (κ2) is 7.85. The quantitative estimate of drug-likeness (QED) is 0.733. The Labute approximate surface area is 150 Å². The molecule has 0 radical (unpaired) electrons. The van der Waals surface area contributed by atoms with Crippen LogP contribution in [0.2, 0.25) is 0 Å². The first-order valence-electron chi connectivity index (χ1n) is 8.49. The van der Waals surface area contributed by atoms with Crippen LogP contribution < -0.4 is 15.4 Å². The molecule has 1 aliphatic carbocycles. The maximum Gasteiger partial charge on any atom is 0.416 e. The first-order valence-corrected chi connectivity index (χ1v) is 8.49. The van der Waals surface area contributed by atoms with Crippen LogP contribution in [0.15, 0.2) is 18.2 Å². The van der Waals surface area contributed by atoms with Crippen molar-refractivity contribution in [3.63, 3.8) is 0 Å². The largest absolute Gasteiger partial charge is 0.491 e. The Morgan fingerprint density at radius 1 is 1.38 bits per heavy atom. The summed E-state index contributed by atoms with van der Waals surface area (Å²) in [5, 5.41) is 14.6. The van der Waals surface area contributed by atoms with Crippen LogP contribution in [0.4, 0.5) is 18.9 Å². The first-order chi connectivity index (χ1) is 12.2. The molecule has 1 atom stereocenters. The van der Waals surface area contributed by atoms with Gasteiger partial charge in [-0.2, -0.15) is 18.4 Å². The zero-order valence-corrected chi connectivity index (χ0v) is 14.7. The summed E-state index contributed by atoms with van der Waals surface area (Å²) in [5.74, 6) is -0.0915. The molecule has 0 heterocycles. The summed E-state index contributed by atoms with van der Waals surface area (Å²) in [5.41, 5.74) is -1.69. The molecule has 1 fully saturated rings. The summed E-state index contributed by atoms with van der Waals surface area (Å²) in [4.78, 5) is 12.1. The van der Waals surface area contributed by atoms with E-state index < -0.39 is 23.2 Å². The van der Waals surface area contributed by atoms with E-state index in [-0.39, 0.29) is 23.9 Å². The van der Waals surface area contributed by atoms with Gasteiger partial charge in [-0.1, -0.05) is 6.92 Å². The van der Waals surface area contributed by atoms with Crippen molar-refractivity contribution in [1.82, 2.24) is 5.32 Å². The molecular formula is C18H22F3N3O2. The van der Waals surface area contributed by atoms with Crippen molar-refractivity contribution in [3.8, 4) is 11.8 Å². The van der Waals surface area contributed by atoms with Crippen LogP contribution in [-0.4, -0.2) is 24.6 Å². The van der Waals surface area contributed by atoms with Crippen LogP contribution in [0.5, 0.6) is 5.75 Å². The Morgan fingerprint density at radius 2 is 2.08 bits per heavy atom. The predicted octanol–water partition coefficient (Wildman–Crippen LogP) is 3.71. The molecule has 142 valence electrons. The molecule has 5 nitrogen and oxygen atoms in total. The smallest absolute Gasteiger partial charge is 0.416 e. The fourth-order valence-corrected chi connectivity index (χ4v) is 2.57. The Kier molecular flexibility index (Phi) is 6.01. The molecule has 1 amide bonds. The van der Waals surface area contributed by atoms with Crippen molar-refractivity contribution in [3.05, 3.63) is 23.8 Å². The zero-order valence-electron chi connectivity index (χ0n) is 14.7. The summed E-state index contributed by atoms with van der Waals surface area (Å²) < 4.78 is 44.2. The molecule has 0 aliphatic heterocycles. The van der Waals surface area contributed by atoms with Crippen LogP contribution in [-0.2, 0) is 11.0 Å². The molecule has 0 saturated heterocycles. The zero-order chi connectivity index (χ0) is 19.4. The highest BCUT2D eigenvalue weighted by Gasteiger charge is 2.43. The van der Waals surface area contributed by atoms with E-state index in [1.165, 1.54) is 6.07 Å². The number of hydrogen-bond acceptors (Lipinski definition) is 4. The Bertz CT molecular complexity index is 696. The van der Waals surface area contributed by atoms with Gasteiger partial charge in [-0.15, -0.1) is 0 Å². The molecule has 2 N–H and O–H groups in total. The number of carbonyl (C=O) groups is 1. The number of anilines is 1. The summed E-state index contributed by atoms with van der Waals surface area (Å²) in [6.45, 7) is 3.63. The van der Waals surface area contributed by atoms with Crippen LogP contribution >= 0.6 is 0 Å². The van der Waals surface area contributed by atoms with Crippen molar-refractivity contribution in [1.29, 1.82) is 5.26 Å². The third-order valence-electron chi connectivity index (χ3n) is 4.23. The molecule has 2 rings (SSSR count). The van der Waals surface area contributed by atoms with Gasteiger partial charge in [0, 0.05) is 0 Å². The van der Waals surface area contributed by atoms with Crippen molar-refractivity contribution >= 4 is 11.6 Å². The minimum Gasteiger partial charge on any atom is -0.491 e. The predicted molar refractivity (Wildman–Crippen MR) is 90.6 cm³/mol. The number of hydrogen-bond donors (Lipinski definition) is 2. The van der Waals surface area contributed by atoms with Crippen LogP contribution in [0.3, 0.4) is 0 Å². The van der Waals surface area contributed by atoms with Crippen molar-refractivity contribution in [2.24, 2.45) is 5.92 Å². The molecule has 0 unspecified atom stereocenters. The van der Waals surface area contributed by atoms with Gasteiger partial charge in [0.2, 0.25) is 5.91 Å². The fraction of sp³-hybridized carbons (Fsp3) is 0.556. The second-order valence-electron chi connectivity index (χ2n) is 6.55. The highest BCUT2D eigenvalue weighted by molar-refractivity contribution is 5.82. The molecule has 1 aliphatic rings. The molecule has 1 aromatic rings. The minimum atomic E-state index is -4.49. The molecule has 1 saturated carbocycles.